The highest BCUT2D eigenvalue weighted by Gasteiger charge is 2.53. The summed E-state index contributed by atoms with van der Waals surface area (Å²) >= 11 is 0. The van der Waals surface area contributed by atoms with Gasteiger partial charge in [0.25, 0.3) is 0 Å². The van der Waals surface area contributed by atoms with E-state index in [4.69, 9.17) is 9.15 Å². The minimum Gasteiger partial charge on any atom is -0.468 e. The van der Waals surface area contributed by atoms with E-state index in [1.165, 1.54) is 0 Å². The van der Waals surface area contributed by atoms with Crippen LogP contribution in [0.1, 0.15) is 33.5 Å². The summed E-state index contributed by atoms with van der Waals surface area (Å²) in [5.74, 6) is 0.984. The molecule has 1 aromatic heterocycles. The molecule has 4 heteroatoms. The van der Waals surface area contributed by atoms with Crippen molar-refractivity contribution in [3.63, 3.8) is 0 Å². The van der Waals surface area contributed by atoms with E-state index in [9.17, 15) is 4.79 Å². The normalized spacial score (nSPS) is 25.2. The van der Waals surface area contributed by atoms with Gasteiger partial charge >= 0.3 is 0 Å². The highest BCUT2D eigenvalue weighted by atomic mass is 16.5. The summed E-state index contributed by atoms with van der Waals surface area (Å²) in [5.41, 5.74) is -1.10. The molecule has 0 amide bonds. The first-order valence-corrected chi connectivity index (χ1v) is 6.68. The molecule has 0 radical (unpaired) electrons. The van der Waals surface area contributed by atoms with Crippen LogP contribution in [0.25, 0.3) is 0 Å². The van der Waals surface area contributed by atoms with Gasteiger partial charge in [0.1, 0.15) is 11.4 Å². The SMILES string of the molecule is CN(Cc1ccco1)CC1C(=O)C(C)(C)OC1(C)C. The summed E-state index contributed by atoms with van der Waals surface area (Å²) < 4.78 is 11.2. The molecule has 0 aromatic carbocycles. The van der Waals surface area contributed by atoms with E-state index in [1.54, 1.807) is 6.26 Å². The summed E-state index contributed by atoms with van der Waals surface area (Å²) in [5, 5.41) is 0. The first kappa shape index (κ1) is 14.3. The number of ether oxygens (including phenoxy) is 1. The lowest BCUT2D eigenvalue weighted by atomic mass is 9.85. The zero-order valence-electron chi connectivity index (χ0n) is 12.4. The molecule has 1 aliphatic rings. The number of ketones is 1. The third-order valence-corrected chi connectivity index (χ3v) is 3.77. The van der Waals surface area contributed by atoms with Gasteiger partial charge in [0.2, 0.25) is 0 Å². The predicted octanol–water partition coefficient (Wildman–Crippen LogP) is 2.48. The number of furan rings is 1. The number of carbonyl (C=O) groups is 1. The average Bonchev–Trinajstić information content (AvgIpc) is 2.80. The fraction of sp³-hybridized carbons (Fsp3) is 0.667. The van der Waals surface area contributed by atoms with Crippen LogP contribution in [-0.4, -0.2) is 35.5 Å². The van der Waals surface area contributed by atoms with Crippen molar-refractivity contribution >= 4 is 5.78 Å². The molecule has 1 aromatic rings. The molecule has 1 fully saturated rings. The van der Waals surface area contributed by atoms with Crippen molar-refractivity contribution in [3.8, 4) is 0 Å². The lowest BCUT2D eigenvalue weighted by Gasteiger charge is -2.28. The molecule has 0 spiro atoms. The largest absolute Gasteiger partial charge is 0.468 e. The molecule has 0 N–H and O–H groups in total. The molecule has 1 unspecified atom stereocenters. The maximum absolute atomic E-state index is 12.4. The summed E-state index contributed by atoms with van der Waals surface area (Å²) in [6.07, 6.45) is 1.67. The molecule has 0 saturated carbocycles. The van der Waals surface area contributed by atoms with Crippen molar-refractivity contribution in [2.75, 3.05) is 13.6 Å². The lowest BCUT2D eigenvalue weighted by Crippen LogP contribution is -2.39. The monoisotopic (exact) mass is 265 g/mol. The Bertz CT molecular complexity index is 448. The summed E-state index contributed by atoms with van der Waals surface area (Å²) in [6, 6.07) is 3.82. The summed E-state index contributed by atoms with van der Waals surface area (Å²) in [6.45, 7) is 9.06. The number of hydrogen-bond acceptors (Lipinski definition) is 4. The highest BCUT2D eigenvalue weighted by molar-refractivity contribution is 5.91. The van der Waals surface area contributed by atoms with Gasteiger partial charge in [-0.05, 0) is 46.9 Å². The molecule has 1 atom stereocenters. The molecule has 0 bridgehead atoms. The second-order valence-corrected chi connectivity index (χ2v) is 6.41. The third-order valence-electron chi connectivity index (χ3n) is 3.77. The smallest absolute Gasteiger partial charge is 0.171 e. The van der Waals surface area contributed by atoms with Gasteiger partial charge in [-0.3, -0.25) is 9.69 Å². The van der Waals surface area contributed by atoms with Gasteiger partial charge in [0, 0.05) is 6.54 Å². The zero-order chi connectivity index (χ0) is 14.3. The summed E-state index contributed by atoms with van der Waals surface area (Å²) in [7, 11) is 2.00. The van der Waals surface area contributed by atoms with Crippen LogP contribution in [0.15, 0.2) is 22.8 Å². The first-order chi connectivity index (χ1) is 8.72. The number of carbonyl (C=O) groups excluding carboxylic acids is 1. The Hall–Kier alpha value is -1.13. The lowest BCUT2D eigenvalue weighted by molar-refractivity contribution is -0.132. The van der Waals surface area contributed by atoms with Crippen molar-refractivity contribution in [2.24, 2.45) is 5.92 Å². The quantitative estimate of drug-likeness (QED) is 0.839. The number of nitrogens with zero attached hydrogens (tertiary/aromatic N) is 1. The average molecular weight is 265 g/mol. The Balaban J connectivity index is 2.03. The fourth-order valence-electron chi connectivity index (χ4n) is 2.86. The van der Waals surface area contributed by atoms with E-state index in [0.717, 1.165) is 5.76 Å². The van der Waals surface area contributed by atoms with Crippen LogP contribution in [0, 0.1) is 5.92 Å². The molecular weight excluding hydrogens is 242 g/mol. The van der Waals surface area contributed by atoms with Crippen molar-refractivity contribution in [2.45, 2.75) is 45.4 Å². The van der Waals surface area contributed by atoms with Crippen molar-refractivity contribution in [3.05, 3.63) is 24.2 Å². The Morgan fingerprint density at radius 3 is 2.47 bits per heavy atom. The van der Waals surface area contributed by atoms with Crippen LogP contribution >= 0.6 is 0 Å². The number of Topliss-reactive ketones (excluding diaryl/α,β-unsaturated/α-hetero) is 1. The van der Waals surface area contributed by atoms with E-state index in [-0.39, 0.29) is 11.7 Å². The number of rotatable bonds is 4. The van der Waals surface area contributed by atoms with Gasteiger partial charge in [0.15, 0.2) is 5.78 Å². The second kappa shape index (κ2) is 4.76. The molecule has 1 aliphatic heterocycles. The zero-order valence-corrected chi connectivity index (χ0v) is 12.4. The van der Waals surface area contributed by atoms with Crippen LogP contribution < -0.4 is 0 Å². The van der Waals surface area contributed by atoms with E-state index >= 15 is 0 Å². The molecule has 19 heavy (non-hydrogen) atoms. The van der Waals surface area contributed by atoms with E-state index < -0.39 is 11.2 Å². The van der Waals surface area contributed by atoms with Crippen LogP contribution in [0.4, 0.5) is 0 Å². The minimum atomic E-state index is -0.681. The standard InChI is InChI=1S/C15H23NO3/c1-14(2)12(13(17)15(3,4)19-14)10-16(5)9-11-7-6-8-18-11/h6-8,12H,9-10H2,1-5H3. The van der Waals surface area contributed by atoms with Crippen LogP contribution in [0.5, 0.6) is 0 Å². The molecule has 0 aliphatic carbocycles. The molecule has 4 nitrogen and oxygen atoms in total. The molecular formula is C15H23NO3. The molecule has 2 rings (SSSR count). The van der Waals surface area contributed by atoms with Gasteiger partial charge in [-0.15, -0.1) is 0 Å². The molecule has 1 saturated heterocycles. The molecule has 106 valence electrons. The maximum atomic E-state index is 12.4. The predicted molar refractivity (Wildman–Crippen MR) is 72.8 cm³/mol. The van der Waals surface area contributed by atoms with Gasteiger partial charge in [-0.25, -0.2) is 0 Å². The Labute approximate surface area is 114 Å². The second-order valence-electron chi connectivity index (χ2n) is 6.41. The van der Waals surface area contributed by atoms with Crippen LogP contribution in [0.3, 0.4) is 0 Å². The van der Waals surface area contributed by atoms with Gasteiger partial charge in [-0.1, -0.05) is 0 Å². The Morgan fingerprint density at radius 1 is 1.32 bits per heavy atom. The minimum absolute atomic E-state index is 0.109. The van der Waals surface area contributed by atoms with Gasteiger partial charge in [0.05, 0.1) is 24.3 Å². The topological polar surface area (TPSA) is 42.7 Å². The van der Waals surface area contributed by atoms with E-state index in [0.29, 0.717) is 13.1 Å². The number of hydrogen-bond donors (Lipinski definition) is 0. The van der Waals surface area contributed by atoms with Crippen LogP contribution in [-0.2, 0) is 16.1 Å². The first-order valence-electron chi connectivity index (χ1n) is 6.68. The van der Waals surface area contributed by atoms with Crippen LogP contribution in [0.2, 0.25) is 0 Å². The highest BCUT2D eigenvalue weighted by Crippen LogP contribution is 2.39. The Kier molecular flexibility index (Phi) is 3.58. The van der Waals surface area contributed by atoms with Crippen molar-refractivity contribution in [1.82, 2.24) is 4.90 Å². The molecule has 2 heterocycles. The van der Waals surface area contributed by atoms with Crippen molar-refractivity contribution in [1.29, 1.82) is 0 Å². The Morgan fingerprint density at radius 2 is 2.00 bits per heavy atom. The maximum Gasteiger partial charge on any atom is 0.171 e. The third kappa shape index (κ3) is 2.90. The fourth-order valence-corrected chi connectivity index (χ4v) is 2.86. The van der Waals surface area contributed by atoms with Gasteiger partial charge < -0.3 is 9.15 Å². The van der Waals surface area contributed by atoms with E-state index in [2.05, 4.69) is 4.90 Å². The van der Waals surface area contributed by atoms with E-state index in [1.807, 2.05) is 46.9 Å². The summed E-state index contributed by atoms with van der Waals surface area (Å²) in [4.78, 5) is 14.5. The van der Waals surface area contributed by atoms with Crippen molar-refractivity contribution < 1.29 is 13.9 Å². The van der Waals surface area contributed by atoms with Gasteiger partial charge in [-0.2, -0.15) is 0 Å².